The molecule has 0 saturated carbocycles. The van der Waals surface area contributed by atoms with Gasteiger partial charge in [0.05, 0.1) is 18.2 Å². The molecule has 0 aliphatic heterocycles. The smallest absolute Gasteiger partial charge is 0.316 e. The molecule has 0 saturated heterocycles. The number of Topliss-reactive ketones (excluding diaryl/α,β-unsaturated/α-hetero) is 1. The first-order chi connectivity index (χ1) is 11.9. The van der Waals surface area contributed by atoms with Gasteiger partial charge in [0.15, 0.2) is 17.3 Å². The highest BCUT2D eigenvalue weighted by atomic mass is 32.2. The van der Waals surface area contributed by atoms with Crippen LogP contribution in [0.3, 0.4) is 0 Å². The van der Waals surface area contributed by atoms with Gasteiger partial charge in [-0.1, -0.05) is 0 Å². The molecule has 154 valence electrons. The van der Waals surface area contributed by atoms with Crippen molar-refractivity contribution in [3.05, 3.63) is 23.8 Å². The molecule has 0 radical (unpaired) electrons. The van der Waals surface area contributed by atoms with Gasteiger partial charge < -0.3 is 15.2 Å². The van der Waals surface area contributed by atoms with Crippen molar-refractivity contribution in [1.29, 1.82) is 0 Å². The van der Waals surface area contributed by atoms with Gasteiger partial charge in [0.2, 0.25) is 0 Å². The van der Waals surface area contributed by atoms with E-state index < -0.39 is 21.5 Å². The number of rotatable bonds is 4. The van der Waals surface area contributed by atoms with Crippen LogP contribution < -0.4 is 10.1 Å². The van der Waals surface area contributed by atoms with Gasteiger partial charge >= 0.3 is 5.97 Å². The summed E-state index contributed by atoms with van der Waals surface area (Å²) in [4.78, 5) is 23.9. The van der Waals surface area contributed by atoms with Gasteiger partial charge in [0.1, 0.15) is 0 Å². The zero-order valence-electron chi connectivity index (χ0n) is 16.8. The van der Waals surface area contributed by atoms with E-state index in [1.165, 1.54) is 18.2 Å². The maximum atomic E-state index is 12.1. The van der Waals surface area contributed by atoms with Gasteiger partial charge in [-0.05, 0) is 59.7 Å². The lowest BCUT2D eigenvalue weighted by atomic mass is 9.97. The molecule has 0 aliphatic carbocycles. The molecule has 0 amide bonds. The molecule has 3 N–H and O–H groups in total. The minimum atomic E-state index is -3.67. The van der Waals surface area contributed by atoms with Crippen LogP contribution in [0, 0.1) is 5.41 Å². The third-order valence-corrected chi connectivity index (χ3v) is 2.88. The number of ketones is 1. The quantitative estimate of drug-likeness (QED) is 0.302. The van der Waals surface area contributed by atoms with Gasteiger partial charge in [-0.3, -0.25) is 14.1 Å². The summed E-state index contributed by atoms with van der Waals surface area (Å²) < 4.78 is 31.0. The van der Waals surface area contributed by atoms with E-state index >= 15 is 0 Å². The fourth-order valence-electron chi connectivity index (χ4n) is 1.48. The zero-order valence-corrected chi connectivity index (χ0v) is 17.6. The lowest BCUT2D eigenvalue weighted by molar-refractivity contribution is -0.143. The van der Waals surface area contributed by atoms with Crippen LogP contribution in [-0.4, -0.2) is 48.2 Å². The van der Waals surface area contributed by atoms with Crippen molar-refractivity contribution in [2.75, 3.05) is 12.8 Å². The Kier molecular flexibility index (Phi) is 8.62. The van der Waals surface area contributed by atoms with Crippen LogP contribution in [0.5, 0.6) is 11.5 Å². The zero-order chi connectivity index (χ0) is 21.6. The molecule has 1 aromatic carbocycles. The van der Waals surface area contributed by atoms with Crippen molar-refractivity contribution >= 4 is 21.9 Å². The fraction of sp³-hybridized carbons (Fsp3) is 0.556. The summed E-state index contributed by atoms with van der Waals surface area (Å²) in [6, 6.07) is 4.29. The number of ether oxygens (including phenoxy) is 1. The second kappa shape index (κ2) is 9.29. The molecule has 0 fully saturated rings. The van der Waals surface area contributed by atoms with Crippen LogP contribution in [0.4, 0.5) is 0 Å². The molecule has 0 aliphatic rings. The molecule has 1 rings (SSSR count). The topological polar surface area (TPSA) is 130 Å². The average molecular weight is 403 g/mol. The normalized spacial score (nSPS) is 12.0. The number of phenolic OH excluding ortho intramolecular Hbond substituents is 1. The molecule has 8 nitrogen and oxygen atoms in total. The summed E-state index contributed by atoms with van der Waals surface area (Å²) in [5, 5.41) is 13.0. The number of nitrogens with one attached hydrogen (secondary N) is 1. The number of benzene rings is 1. The van der Waals surface area contributed by atoms with Crippen LogP contribution >= 0.6 is 0 Å². The standard InChI is InChI=1S/C17H25NO4.CH4O3S/c1-16(2,3)15(21)22-14-8-7-11(9-12(14)19)13(20)10-18-17(4,5)6;1-5(2,3)4/h7-9,18-19H,10H2,1-6H3;1H3,(H,2,3,4). The predicted octanol–water partition coefficient (Wildman–Crippen LogP) is 2.42. The van der Waals surface area contributed by atoms with Crippen molar-refractivity contribution < 1.29 is 32.4 Å². The van der Waals surface area contributed by atoms with Gasteiger partial charge in [-0.25, -0.2) is 0 Å². The number of hydrogen-bond acceptors (Lipinski definition) is 7. The predicted molar refractivity (Wildman–Crippen MR) is 103 cm³/mol. The second-order valence-corrected chi connectivity index (χ2v) is 9.55. The summed E-state index contributed by atoms with van der Waals surface area (Å²) >= 11 is 0. The first-order valence-electron chi connectivity index (χ1n) is 8.16. The van der Waals surface area contributed by atoms with Crippen LogP contribution in [0.1, 0.15) is 51.9 Å². The largest absolute Gasteiger partial charge is 0.504 e. The van der Waals surface area contributed by atoms with Crippen molar-refractivity contribution in [3.8, 4) is 11.5 Å². The van der Waals surface area contributed by atoms with Crippen molar-refractivity contribution in [2.24, 2.45) is 5.41 Å². The minimum Gasteiger partial charge on any atom is -0.504 e. The molecule has 0 atom stereocenters. The number of hydrogen-bond donors (Lipinski definition) is 3. The highest BCUT2D eigenvalue weighted by Gasteiger charge is 2.25. The van der Waals surface area contributed by atoms with Crippen LogP contribution in [0.15, 0.2) is 18.2 Å². The molecule has 0 spiro atoms. The average Bonchev–Trinajstić information content (AvgIpc) is 2.43. The first kappa shape index (κ1) is 25.0. The highest BCUT2D eigenvalue weighted by molar-refractivity contribution is 7.85. The number of aromatic hydroxyl groups is 1. The number of carbonyl (C=O) groups is 2. The summed E-state index contributed by atoms with van der Waals surface area (Å²) in [7, 11) is -3.67. The van der Waals surface area contributed by atoms with Gasteiger partial charge in [0, 0.05) is 11.1 Å². The first-order valence-corrected chi connectivity index (χ1v) is 10.0. The van der Waals surface area contributed by atoms with Gasteiger partial charge in [-0.15, -0.1) is 0 Å². The van der Waals surface area contributed by atoms with E-state index in [9.17, 15) is 23.1 Å². The lowest BCUT2D eigenvalue weighted by Crippen LogP contribution is -2.39. The van der Waals surface area contributed by atoms with E-state index in [4.69, 9.17) is 9.29 Å². The molecule has 0 aromatic heterocycles. The van der Waals surface area contributed by atoms with Gasteiger partial charge in [0.25, 0.3) is 10.1 Å². The molecule has 0 bridgehead atoms. The summed E-state index contributed by atoms with van der Waals surface area (Å²) in [5.74, 6) is -0.755. The molecule has 27 heavy (non-hydrogen) atoms. The van der Waals surface area contributed by atoms with Crippen molar-refractivity contribution in [3.63, 3.8) is 0 Å². The van der Waals surface area contributed by atoms with E-state index in [2.05, 4.69) is 5.32 Å². The Labute approximate surface area is 160 Å². The summed E-state index contributed by atoms with van der Waals surface area (Å²) in [6.45, 7) is 11.2. The Hall–Kier alpha value is -1.97. The Morgan fingerprint density at radius 2 is 1.59 bits per heavy atom. The monoisotopic (exact) mass is 403 g/mol. The lowest BCUT2D eigenvalue weighted by Gasteiger charge is -2.20. The maximum Gasteiger partial charge on any atom is 0.316 e. The second-order valence-electron chi connectivity index (χ2n) is 8.08. The van der Waals surface area contributed by atoms with Crippen LogP contribution in [-0.2, 0) is 14.9 Å². The third-order valence-electron chi connectivity index (χ3n) is 2.88. The third kappa shape index (κ3) is 12.1. The van der Waals surface area contributed by atoms with Gasteiger partial charge in [-0.2, -0.15) is 8.42 Å². The van der Waals surface area contributed by atoms with E-state index in [0.717, 1.165) is 0 Å². The van der Waals surface area contributed by atoms with Crippen molar-refractivity contribution in [1.82, 2.24) is 5.32 Å². The van der Waals surface area contributed by atoms with Crippen LogP contribution in [0.25, 0.3) is 0 Å². The Balaban J connectivity index is 0.00000119. The molecule has 0 unspecified atom stereocenters. The SMILES string of the molecule is CC(C)(C)NCC(=O)c1ccc(OC(=O)C(C)(C)C)c(O)c1.CS(=O)(=O)O. The molecule has 1 aromatic rings. The number of phenols is 1. The van der Waals surface area contributed by atoms with E-state index in [-0.39, 0.29) is 29.4 Å². The maximum absolute atomic E-state index is 12.1. The fourth-order valence-corrected chi connectivity index (χ4v) is 1.48. The van der Waals surface area contributed by atoms with E-state index in [1.807, 2.05) is 20.8 Å². The molecule has 0 heterocycles. The highest BCUT2D eigenvalue weighted by Crippen LogP contribution is 2.29. The summed E-state index contributed by atoms with van der Waals surface area (Å²) in [5.41, 5.74) is -0.470. The minimum absolute atomic E-state index is 0.0558. The van der Waals surface area contributed by atoms with Crippen LogP contribution in [0.2, 0.25) is 0 Å². The molecular formula is C18H29NO7S. The number of esters is 1. The molecular weight excluding hydrogens is 374 g/mol. The van der Waals surface area contributed by atoms with E-state index in [1.54, 1.807) is 20.8 Å². The Morgan fingerprint density at radius 1 is 1.11 bits per heavy atom. The van der Waals surface area contributed by atoms with Crippen molar-refractivity contribution in [2.45, 2.75) is 47.1 Å². The number of carbonyl (C=O) groups excluding carboxylic acids is 2. The Morgan fingerprint density at radius 3 is 1.96 bits per heavy atom. The van der Waals surface area contributed by atoms with E-state index in [0.29, 0.717) is 11.8 Å². The Bertz CT molecular complexity index is 764. The summed E-state index contributed by atoms with van der Waals surface area (Å²) in [6.07, 6.45) is 0.715. The molecule has 9 heteroatoms.